The van der Waals surface area contributed by atoms with Gasteiger partial charge < -0.3 is 4.74 Å². The molecule has 1 heterocycles. The Labute approximate surface area is 148 Å². The normalized spacial score (nSPS) is 26.7. The molecule has 1 amide bonds. The lowest BCUT2D eigenvalue weighted by Gasteiger charge is -2.36. The van der Waals surface area contributed by atoms with Crippen molar-refractivity contribution >= 4 is 11.9 Å². The van der Waals surface area contributed by atoms with Crippen molar-refractivity contribution in [3.05, 3.63) is 11.3 Å². The van der Waals surface area contributed by atoms with Crippen LogP contribution in [0.2, 0.25) is 0 Å². The van der Waals surface area contributed by atoms with Crippen LogP contribution >= 0.6 is 0 Å². The van der Waals surface area contributed by atoms with Crippen LogP contribution in [0.25, 0.3) is 0 Å². The summed E-state index contributed by atoms with van der Waals surface area (Å²) in [5, 5.41) is 6.97. The lowest BCUT2D eigenvalue weighted by atomic mass is 9.73. The molecule has 0 bridgehead atoms. The highest BCUT2D eigenvalue weighted by atomic mass is 19.3. The minimum Gasteiger partial charge on any atom is -0.449 e. The first-order valence-electron chi connectivity index (χ1n) is 8.92. The van der Waals surface area contributed by atoms with Gasteiger partial charge >= 0.3 is 6.09 Å². The summed E-state index contributed by atoms with van der Waals surface area (Å²) in [4.78, 5) is 12.0. The Balaban J connectivity index is 1.48. The van der Waals surface area contributed by atoms with Gasteiger partial charge in [0, 0.05) is 37.8 Å². The highest BCUT2D eigenvalue weighted by molar-refractivity contribution is 5.85. The number of anilines is 1. The van der Waals surface area contributed by atoms with Gasteiger partial charge in [0.1, 0.15) is 12.4 Å². The molecule has 0 aliphatic heterocycles. The van der Waals surface area contributed by atoms with Gasteiger partial charge in [-0.1, -0.05) is 6.42 Å². The molecule has 3 saturated carbocycles. The van der Waals surface area contributed by atoms with Gasteiger partial charge in [0.15, 0.2) is 0 Å². The molecule has 0 spiro atoms. The number of nitrogens with one attached hydrogen (secondary N) is 1. The van der Waals surface area contributed by atoms with Crippen molar-refractivity contribution in [2.45, 2.75) is 62.2 Å². The first-order chi connectivity index (χ1) is 12.2. The third-order valence-electron chi connectivity index (χ3n) is 5.69. The molecule has 3 fully saturated rings. The summed E-state index contributed by atoms with van der Waals surface area (Å²) in [5.41, 5.74) is 1.42. The summed E-state index contributed by atoms with van der Waals surface area (Å²) in [7, 11) is 1.63. The lowest BCUT2D eigenvalue weighted by molar-refractivity contribution is -0.0879. The predicted octanol–water partition coefficient (Wildman–Crippen LogP) is 4.40. The fourth-order valence-corrected chi connectivity index (χ4v) is 3.72. The molecule has 0 saturated heterocycles. The number of rotatable bonds is 5. The van der Waals surface area contributed by atoms with E-state index in [-0.39, 0.29) is 37.7 Å². The standard InChI is InChI=1S/C17H21F4N3O2/c1-24-14(22-15(25)26-8-11-7-17(11,20)21)12(9-3-2-4-9)13(23-24)10-5-16(18,19)6-10/h9-11H,2-8H2,1H3,(H,22,25)/t11-/m1/s1. The minimum absolute atomic E-state index is 0.177. The van der Waals surface area contributed by atoms with E-state index < -0.39 is 23.9 Å². The molecule has 1 aromatic heterocycles. The zero-order valence-corrected chi connectivity index (χ0v) is 14.4. The number of aryl methyl sites for hydroxylation is 1. The van der Waals surface area contributed by atoms with E-state index in [0.717, 1.165) is 24.8 Å². The van der Waals surface area contributed by atoms with Crippen LogP contribution in [0, 0.1) is 5.92 Å². The molecular weight excluding hydrogens is 354 g/mol. The Morgan fingerprint density at radius 1 is 1.23 bits per heavy atom. The summed E-state index contributed by atoms with van der Waals surface area (Å²) in [5.74, 6) is -6.03. The Hall–Kier alpha value is -1.80. The van der Waals surface area contributed by atoms with Gasteiger partial charge in [-0.05, 0) is 18.8 Å². The average Bonchev–Trinajstić information content (AvgIpc) is 2.97. The number of hydrogen-bond acceptors (Lipinski definition) is 3. The Bertz CT molecular complexity index is 722. The second-order valence-corrected chi connectivity index (χ2v) is 7.75. The van der Waals surface area contributed by atoms with Crippen LogP contribution in [0.5, 0.6) is 0 Å². The second-order valence-electron chi connectivity index (χ2n) is 7.75. The number of aromatic nitrogens is 2. The second kappa shape index (κ2) is 5.85. The van der Waals surface area contributed by atoms with Gasteiger partial charge in [-0.2, -0.15) is 5.10 Å². The van der Waals surface area contributed by atoms with Gasteiger partial charge in [-0.3, -0.25) is 10.00 Å². The highest BCUT2D eigenvalue weighted by Crippen LogP contribution is 2.52. The van der Waals surface area contributed by atoms with Crippen LogP contribution in [0.1, 0.15) is 61.6 Å². The molecule has 9 heteroatoms. The van der Waals surface area contributed by atoms with Crippen molar-refractivity contribution in [2.75, 3.05) is 11.9 Å². The van der Waals surface area contributed by atoms with E-state index in [0.29, 0.717) is 11.5 Å². The maximum absolute atomic E-state index is 13.3. The number of nitrogens with zero attached hydrogens (tertiary/aromatic N) is 2. The minimum atomic E-state index is -2.74. The maximum atomic E-state index is 13.3. The Morgan fingerprint density at radius 2 is 1.88 bits per heavy atom. The molecule has 1 atom stereocenters. The predicted molar refractivity (Wildman–Crippen MR) is 84.7 cm³/mol. The molecule has 1 N–H and O–H groups in total. The zero-order valence-electron chi connectivity index (χ0n) is 14.4. The topological polar surface area (TPSA) is 56.2 Å². The van der Waals surface area contributed by atoms with E-state index in [2.05, 4.69) is 10.4 Å². The zero-order chi connectivity index (χ0) is 18.7. The number of carbonyl (C=O) groups is 1. The summed E-state index contributed by atoms with van der Waals surface area (Å²) in [6.07, 6.45) is 1.33. The third-order valence-corrected chi connectivity index (χ3v) is 5.69. The van der Waals surface area contributed by atoms with E-state index in [1.54, 1.807) is 7.05 Å². The number of amides is 1. The van der Waals surface area contributed by atoms with Crippen molar-refractivity contribution < 1.29 is 27.1 Å². The van der Waals surface area contributed by atoms with E-state index in [4.69, 9.17) is 4.74 Å². The molecular formula is C17H21F4N3O2. The molecule has 0 radical (unpaired) electrons. The summed E-state index contributed by atoms with van der Waals surface area (Å²) in [6.45, 7) is -0.336. The van der Waals surface area contributed by atoms with Crippen LogP contribution in [0.15, 0.2) is 0 Å². The molecule has 1 aromatic rings. The summed E-state index contributed by atoms with van der Waals surface area (Å²) < 4.78 is 58.7. The monoisotopic (exact) mass is 375 g/mol. The van der Waals surface area contributed by atoms with Gasteiger partial charge in [-0.25, -0.2) is 22.4 Å². The van der Waals surface area contributed by atoms with Gasteiger partial charge in [0.25, 0.3) is 5.92 Å². The van der Waals surface area contributed by atoms with Gasteiger partial charge in [0.05, 0.1) is 11.6 Å². The van der Waals surface area contributed by atoms with Crippen molar-refractivity contribution in [1.82, 2.24) is 9.78 Å². The fourth-order valence-electron chi connectivity index (χ4n) is 3.72. The molecule has 144 valence electrons. The van der Waals surface area contributed by atoms with Crippen LogP contribution in [-0.2, 0) is 11.8 Å². The van der Waals surface area contributed by atoms with Crippen LogP contribution < -0.4 is 5.32 Å². The number of carbonyl (C=O) groups excluding carboxylic acids is 1. The van der Waals surface area contributed by atoms with E-state index in [1.165, 1.54) is 4.68 Å². The first kappa shape index (κ1) is 17.6. The molecule has 3 aliphatic rings. The number of ether oxygens (including phenoxy) is 1. The quantitative estimate of drug-likeness (QED) is 0.776. The lowest BCUT2D eigenvalue weighted by Crippen LogP contribution is -2.34. The van der Waals surface area contributed by atoms with Crippen molar-refractivity contribution in [2.24, 2.45) is 13.0 Å². The van der Waals surface area contributed by atoms with Gasteiger partial charge in [0.2, 0.25) is 5.92 Å². The molecule has 26 heavy (non-hydrogen) atoms. The highest BCUT2D eigenvalue weighted by Gasteiger charge is 2.57. The van der Waals surface area contributed by atoms with Crippen LogP contribution in [0.3, 0.4) is 0 Å². The van der Waals surface area contributed by atoms with Crippen molar-refractivity contribution in [1.29, 1.82) is 0 Å². The number of alkyl halides is 4. The molecule has 0 unspecified atom stereocenters. The van der Waals surface area contributed by atoms with Crippen LogP contribution in [-0.4, -0.2) is 34.3 Å². The van der Waals surface area contributed by atoms with Crippen molar-refractivity contribution in [3.63, 3.8) is 0 Å². The molecule has 0 aromatic carbocycles. The van der Waals surface area contributed by atoms with E-state index in [1.807, 2.05) is 0 Å². The van der Waals surface area contributed by atoms with Crippen LogP contribution in [0.4, 0.5) is 28.2 Å². The molecule has 4 rings (SSSR count). The van der Waals surface area contributed by atoms with Crippen molar-refractivity contribution in [3.8, 4) is 0 Å². The third kappa shape index (κ3) is 3.16. The Morgan fingerprint density at radius 3 is 2.38 bits per heavy atom. The average molecular weight is 375 g/mol. The fraction of sp³-hybridized carbons (Fsp3) is 0.765. The Kier molecular flexibility index (Phi) is 3.96. The van der Waals surface area contributed by atoms with E-state index in [9.17, 15) is 22.4 Å². The number of hydrogen-bond donors (Lipinski definition) is 1. The van der Waals surface area contributed by atoms with Gasteiger partial charge in [-0.15, -0.1) is 0 Å². The summed E-state index contributed by atoms with van der Waals surface area (Å²) in [6, 6.07) is 0. The molecule has 3 aliphatic carbocycles. The molecule has 5 nitrogen and oxygen atoms in total. The number of halogens is 4. The first-order valence-corrected chi connectivity index (χ1v) is 8.92. The largest absolute Gasteiger partial charge is 0.449 e. The summed E-state index contributed by atoms with van der Waals surface area (Å²) >= 11 is 0. The maximum Gasteiger partial charge on any atom is 0.412 e. The SMILES string of the molecule is Cn1nc(C2CC(F)(F)C2)c(C2CCC2)c1NC(=O)OC[C@H]1CC1(F)F. The van der Waals surface area contributed by atoms with E-state index >= 15 is 0 Å². The smallest absolute Gasteiger partial charge is 0.412 e.